The number of anilines is 1. The second-order valence-corrected chi connectivity index (χ2v) is 3.54. The van der Waals surface area contributed by atoms with Crippen molar-refractivity contribution < 1.29 is 17.9 Å². The first-order chi connectivity index (χ1) is 8.37. The average Bonchev–Trinajstić information content (AvgIpc) is 2.24. The summed E-state index contributed by atoms with van der Waals surface area (Å²) in [4.78, 5) is 1.24. The van der Waals surface area contributed by atoms with Crippen LogP contribution in [0.2, 0.25) is 0 Å². The second-order valence-electron chi connectivity index (χ2n) is 3.54. The Hall–Kier alpha value is -1.98. The first-order valence-electron chi connectivity index (χ1n) is 5.15. The average molecular weight is 258 g/mol. The molecule has 6 heteroatoms. The number of aryl methyl sites for hydroxylation is 1. The zero-order valence-corrected chi connectivity index (χ0v) is 9.95. The Morgan fingerprint density at radius 3 is 2.50 bits per heavy atom. The van der Waals surface area contributed by atoms with E-state index in [1.54, 1.807) is 26.0 Å². The van der Waals surface area contributed by atoms with Crippen molar-refractivity contribution in [3.63, 3.8) is 0 Å². The van der Waals surface area contributed by atoms with E-state index in [2.05, 4.69) is 4.74 Å². The van der Waals surface area contributed by atoms with E-state index in [0.29, 0.717) is 5.56 Å². The predicted molar refractivity (Wildman–Crippen MR) is 63.9 cm³/mol. The molecule has 1 N–H and O–H groups in total. The van der Waals surface area contributed by atoms with Gasteiger partial charge in [0.2, 0.25) is 0 Å². The molecule has 3 nitrogen and oxygen atoms in total. The van der Waals surface area contributed by atoms with E-state index in [1.807, 2.05) is 0 Å². The SMILES string of the molecule is C/C=C/N(C=N)c1ccc(C)cc1OC(F)(F)F. The molecule has 18 heavy (non-hydrogen) atoms. The number of nitrogens with one attached hydrogen (secondary N) is 1. The van der Waals surface area contributed by atoms with E-state index in [-0.39, 0.29) is 11.4 Å². The van der Waals surface area contributed by atoms with E-state index in [0.717, 1.165) is 6.34 Å². The van der Waals surface area contributed by atoms with E-state index >= 15 is 0 Å². The third-order valence-corrected chi connectivity index (χ3v) is 2.07. The predicted octanol–water partition coefficient (Wildman–Crippen LogP) is 3.84. The summed E-state index contributed by atoms with van der Waals surface area (Å²) < 4.78 is 40.8. The van der Waals surface area contributed by atoms with Gasteiger partial charge in [-0.15, -0.1) is 13.2 Å². The van der Waals surface area contributed by atoms with E-state index < -0.39 is 6.36 Å². The Balaban J connectivity index is 3.21. The highest BCUT2D eigenvalue weighted by Gasteiger charge is 2.32. The van der Waals surface area contributed by atoms with Gasteiger partial charge in [0, 0.05) is 6.20 Å². The van der Waals surface area contributed by atoms with Crippen molar-refractivity contribution in [2.45, 2.75) is 20.2 Å². The molecular weight excluding hydrogens is 245 g/mol. The van der Waals surface area contributed by atoms with Crippen LogP contribution in [0.25, 0.3) is 0 Å². The van der Waals surface area contributed by atoms with Crippen molar-refractivity contribution in [1.29, 1.82) is 5.41 Å². The largest absolute Gasteiger partial charge is 0.573 e. The van der Waals surface area contributed by atoms with Gasteiger partial charge in [0.05, 0.1) is 12.0 Å². The molecule has 0 radical (unpaired) electrons. The number of ether oxygens (including phenoxy) is 1. The molecule has 0 unspecified atom stereocenters. The molecule has 1 rings (SSSR count). The molecule has 1 aromatic carbocycles. The zero-order chi connectivity index (χ0) is 13.8. The minimum absolute atomic E-state index is 0.158. The molecule has 98 valence electrons. The number of halogens is 3. The van der Waals surface area contributed by atoms with Crippen LogP contribution >= 0.6 is 0 Å². The summed E-state index contributed by atoms with van der Waals surface area (Å²) in [7, 11) is 0. The number of rotatable bonds is 4. The minimum atomic E-state index is -4.76. The van der Waals surface area contributed by atoms with E-state index in [1.165, 1.54) is 23.2 Å². The highest BCUT2D eigenvalue weighted by atomic mass is 19.4. The van der Waals surface area contributed by atoms with Gasteiger partial charge in [0.1, 0.15) is 0 Å². The summed E-state index contributed by atoms with van der Waals surface area (Å²) in [5.74, 6) is -0.330. The van der Waals surface area contributed by atoms with Crippen LogP contribution in [0.4, 0.5) is 18.9 Å². The first kappa shape index (κ1) is 14.1. The molecule has 0 aliphatic rings. The van der Waals surface area contributed by atoms with Crippen molar-refractivity contribution in [1.82, 2.24) is 0 Å². The van der Waals surface area contributed by atoms with E-state index in [4.69, 9.17) is 5.41 Å². The quantitative estimate of drug-likeness (QED) is 0.658. The number of benzene rings is 1. The van der Waals surface area contributed by atoms with Gasteiger partial charge in [-0.05, 0) is 31.5 Å². The summed E-state index contributed by atoms with van der Waals surface area (Å²) in [6.45, 7) is 3.37. The zero-order valence-electron chi connectivity index (χ0n) is 9.95. The molecule has 0 heterocycles. The highest BCUT2D eigenvalue weighted by Crippen LogP contribution is 2.33. The van der Waals surface area contributed by atoms with Crippen LogP contribution in [0.5, 0.6) is 5.75 Å². The molecule has 1 aromatic rings. The van der Waals surface area contributed by atoms with Gasteiger partial charge < -0.3 is 9.64 Å². The van der Waals surface area contributed by atoms with Gasteiger partial charge in [-0.25, -0.2) is 0 Å². The summed E-state index contributed by atoms with van der Waals surface area (Å²) in [6.07, 6.45) is -0.761. The maximum absolute atomic E-state index is 12.3. The summed E-state index contributed by atoms with van der Waals surface area (Å²) in [6, 6.07) is 4.41. The Labute approximate surface area is 103 Å². The molecule has 0 bridgehead atoms. The Bertz CT molecular complexity index is 455. The van der Waals surface area contributed by atoms with Crippen LogP contribution in [0.3, 0.4) is 0 Å². The fourth-order valence-electron chi connectivity index (χ4n) is 1.39. The lowest BCUT2D eigenvalue weighted by Gasteiger charge is -2.19. The Morgan fingerprint density at radius 1 is 1.33 bits per heavy atom. The lowest BCUT2D eigenvalue weighted by atomic mass is 10.2. The van der Waals surface area contributed by atoms with Crippen LogP contribution < -0.4 is 9.64 Å². The van der Waals surface area contributed by atoms with Gasteiger partial charge in [-0.3, -0.25) is 5.41 Å². The number of nitrogens with zero attached hydrogens (tertiary/aromatic N) is 1. The molecule has 0 fully saturated rings. The van der Waals surface area contributed by atoms with Crippen LogP contribution in [-0.2, 0) is 0 Å². The van der Waals surface area contributed by atoms with Crippen LogP contribution in [0.1, 0.15) is 12.5 Å². The van der Waals surface area contributed by atoms with Crippen molar-refractivity contribution in [3.8, 4) is 5.75 Å². The number of alkyl halides is 3. The fraction of sp³-hybridized carbons (Fsp3) is 0.250. The van der Waals surface area contributed by atoms with Crippen LogP contribution in [0, 0.1) is 12.3 Å². The van der Waals surface area contributed by atoms with Gasteiger partial charge in [0.25, 0.3) is 0 Å². The summed E-state index contributed by atoms with van der Waals surface area (Å²) in [5.41, 5.74) is 0.800. The molecular formula is C12H13F3N2O. The lowest BCUT2D eigenvalue weighted by Crippen LogP contribution is -2.20. The van der Waals surface area contributed by atoms with Gasteiger partial charge in [-0.2, -0.15) is 0 Å². The number of allylic oxidation sites excluding steroid dienone is 1. The van der Waals surface area contributed by atoms with E-state index in [9.17, 15) is 13.2 Å². The van der Waals surface area contributed by atoms with Crippen molar-refractivity contribution in [3.05, 3.63) is 36.0 Å². The standard InChI is InChI=1S/C12H13F3N2O/c1-3-6-17(8-16)10-5-4-9(2)7-11(10)18-12(13,14)15/h3-8,16H,1-2H3/b6-3+,16-8?. The smallest absolute Gasteiger partial charge is 0.404 e. The van der Waals surface area contributed by atoms with Crippen LogP contribution in [0.15, 0.2) is 30.5 Å². The molecule has 0 aliphatic heterocycles. The number of hydrogen-bond donors (Lipinski definition) is 1. The molecule has 0 saturated heterocycles. The molecule has 0 aromatic heterocycles. The molecule has 0 atom stereocenters. The third-order valence-electron chi connectivity index (χ3n) is 2.07. The lowest BCUT2D eigenvalue weighted by molar-refractivity contribution is -0.274. The van der Waals surface area contributed by atoms with Crippen LogP contribution in [-0.4, -0.2) is 12.7 Å². The maximum atomic E-state index is 12.3. The molecule has 0 aliphatic carbocycles. The van der Waals surface area contributed by atoms with Crippen molar-refractivity contribution >= 4 is 12.0 Å². The number of hydrogen-bond acceptors (Lipinski definition) is 2. The Kier molecular flexibility index (Phi) is 4.36. The minimum Gasteiger partial charge on any atom is -0.404 e. The van der Waals surface area contributed by atoms with Gasteiger partial charge >= 0.3 is 6.36 Å². The van der Waals surface area contributed by atoms with Crippen molar-refractivity contribution in [2.24, 2.45) is 0 Å². The third kappa shape index (κ3) is 3.80. The fourth-order valence-corrected chi connectivity index (χ4v) is 1.39. The first-order valence-corrected chi connectivity index (χ1v) is 5.15. The normalized spacial score (nSPS) is 11.6. The topological polar surface area (TPSA) is 36.3 Å². The monoisotopic (exact) mass is 258 g/mol. The van der Waals surface area contributed by atoms with Gasteiger partial charge in [-0.1, -0.05) is 12.1 Å². The molecule has 0 spiro atoms. The molecule has 0 amide bonds. The maximum Gasteiger partial charge on any atom is 0.573 e. The summed E-state index contributed by atoms with van der Waals surface area (Å²) >= 11 is 0. The van der Waals surface area contributed by atoms with Gasteiger partial charge in [0.15, 0.2) is 5.75 Å². The highest BCUT2D eigenvalue weighted by molar-refractivity contribution is 5.82. The molecule has 0 saturated carbocycles. The van der Waals surface area contributed by atoms with Crippen molar-refractivity contribution in [2.75, 3.05) is 4.90 Å². The Morgan fingerprint density at radius 2 is 2.00 bits per heavy atom. The summed E-state index contributed by atoms with van der Waals surface area (Å²) in [5, 5.41) is 7.19. The second kappa shape index (κ2) is 5.57.